The number of likely N-dealkylation sites (tertiary alicyclic amines) is 1. The molecule has 3 rings (SSSR count). The summed E-state index contributed by atoms with van der Waals surface area (Å²) in [6, 6.07) is 9.89. The molecule has 2 unspecified atom stereocenters. The van der Waals surface area contributed by atoms with Crippen LogP contribution < -0.4 is 0 Å². The molecule has 104 valence electrons. The molecule has 0 spiro atoms. The molecule has 1 aromatic rings. The highest BCUT2D eigenvalue weighted by Crippen LogP contribution is 2.49. The SMILES string of the molecule is OCC1[C@H]2CC(F)(F)CC2CN1Cc1ccccc1. The Balaban J connectivity index is 1.72. The quantitative estimate of drug-likeness (QED) is 0.909. The smallest absolute Gasteiger partial charge is 0.248 e. The number of fused-ring (bicyclic) bond motifs is 1. The molecule has 0 bridgehead atoms. The van der Waals surface area contributed by atoms with Crippen LogP contribution in [0.25, 0.3) is 0 Å². The van der Waals surface area contributed by atoms with Crippen molar-refractivity contribution in [3.8, 4) is 0 Å². The van der Waals surface area contributed by atoms with Crippen molar-refractivity contribution in [2.45, 2.75) is 31.4 Å². The largest absolute Gasteiger partial charge is 0.395 e. The van der Waals surface area contributed by atoms with Gasteiger partial charge in [-0.2, -0.15) is 0 Å². The van der Waals surface area contributed by atoms with Crippen molar-refractivity contribution >= 4 is 0 Å². The first-order valence-corrected chi connectivity index (χ1v) is 6.86. The van der Waals surface area contributed by atoms with Gasteiger partial charge in [-0.05, 0) is 17.4 Å². The molecule has 1 aromatic carbocycles. The molecule has 1 N–H and O–H groups in total. The maximum absolute atomic E-state index is 13.4. The minimum absolute atomic E-state index is 0.0144. The number of aliphatic hydroxyl groups excluding tert-OH is 1. The summed E-state index contributed by atoms with van der Waals surface area (Å²) in [6.07, 6.45) is -0.0758. The van der Waals surface area contributed by atoms with Gasteiger partial charge in [0.2, 0.25) is 5.92 Å². The highest BCUT2D eigenvalue weighted by atomic mass is 19.3. The number of nitrogens with zero attached hydrogens (tertiary/aromatic N) is 1. The van der Waals surface area contributed by atoms with E-state index in [-0.39, 0.29) is 37.3 Å². The molecule has 2 fully saturated rings. The highest BCUT2D eigenvalue weighted by Gasteiger charge is 2.54. The first kappa shape index (κ1) is 13.0. The van der Waals surface area contributed by atoms with E-state index in [1.165, 1.54) is 5.56 Å². The zero-order chi connectivity index (χ0) is 13.5. The van der Waals surface area contributed by atoms with E-state index in [2.05, 4.69) is 4.90 Å². The Morgan fingerprint density at radius 1 is 1.21 bits per heavy atom. The van der Waals surface area contributed by atoms with Gasteiger partial charge in [-0.3, -0.25) is 4.90 Å². The average molecular weight is 267 g/mol. The van der Waals surface area contributed by atoms with Crippen LogP contribution >= 0.6 is 0 Å². The van der Waals surface area contributed by atoms with E-state index in [9.17, 15) is 13.9 Å². The van der Waals surface area contributed by atoms with Gasteiger partial charge in [-0.15, -0.1) is 0 Å². The van der Waals surface area contributed by atoms with Gasteiger partial charge in [-0.25, -0.2) is 8.78 Å². The van der Waals surface area contributed by atoms with Gasteiger partial charge in [0.05, 0.1) is 6.61 Å². The van der Waals surface area contributed by atoms with Gasteiger partial charge in [0, 0.05) is 32.0 Å². The molecule has 1 aliphatic carbocycles. The van der Waals surface area contributed by atoms with Crippen molar-refractivity contribution in [1.29, 1.82) is 0 Å². The van der Waals surface area contributed by atoms with Crippen LogP contribution in [0.4, 0.5) is 8.78 Å². The Bertz CT molecular complexity index is 437. The number of benzene rings is 1. The molecule has 2 nitrogen and oxygen atoms in total. The summed E-state index contributed by atoms with van der Waals surface area (Å²) in [7, 11) is 0. The highest BCUT2D eigenvalue weighted by molar-refractivity contribution is 5.15. The minimum Gasteiger partial charge on any atom is -0.395 e. The molecular formula is C15H19F2NO. The van der Waals surface area contributed by atoms with Crippen molar-refractivity contribution in [3.05, 3.63) is 35.9 Å². The Labute approximate surface area is 112 Å². The first-order chi connectivity index (χ1) is 9.09. The Hall–Kier alpha value is -1.00. The van der Waals surface area contributed by atoms with Crippen molar-refractivity contribution in [3.63, 3.8) is 0 Å². The molecule has 1 saturated heterocycles. The minimum atomic E-state index is -2.53. The lowest BCUT2D eigenvalue weighted by Crippen LogP contribution is -2.36. The van der Waals surface area contributed by atoms with Gasteiger partial charge in [0.1, 0.15) is 0 Å². The van der Waals surface area contributed by atoms with E-state index in [4.69, 9.17) is 0 Å². The fourth-order valence-corrected chi connectivity index (χ4v) is 3.74. The zero-order valence-electron chi connectivity index (χ0n) is 10.8. The van der Waals surface area contributed by atoms with Crippen molar-refractivity contribution in [2.75, 3.05) is 13.2 Å². The normalized spacial score (nSPS) is 33.5. The van der Waals surface area contributed by atoms with E-state index in [1.54, 1.807) is 0 Å². The molecule has 0 radical (unpaired) electrons. The Kier molecular flexibility index (Phi) is 3.31. The van der Waals surface area contributed by atoms with Crippen LogP contribution in [0.15, 0.2) is 30.3 Å². The van der Waals surface area contributed by atoms with Crippen LogP contribution in [0.5, 0.6) is 0 Å². The average Bonchev–Trinajstić information content (AvgIpc) is 2.81. The third-order valence-electron chi connectivity index (χ3n) is 4.55. The van der Waals surface area contributed by atoms with Gasteiger partial charge in [-0.1, -0.05) is 30.3 Å². The summed E-state index contributed by atoms with van der Waals surface area (Å²) in [4.78, 5) is 2.17. The van der Waals surface area contributed by atoms with E-state index in [0.717, 1.165) is 6.54 Å². The third kappa shape index (κ3) is 2.51. The zero-order valence-corrected chi connectivity index (χ0v) is 10.8. The number of halogens is 2. The lowest BCUT2D eigenvalue weighted by atomic mass is 9.94. The number of hydrogen-bond acceptors (Lipinski definition) is 2. The maximum atomic E-state index is 13.4. The summed E-state index contributed by atoms with van der Waals surface area (Å²) < 4.78 is 26.9. The fourth-order valence-electron chi connectivity index (χ4n) is 3.74. The summed E-state index contributed by atoms with van der Waals surface area (Å²) in [5, 5.41) is 9.55. The molecular weight excluding hydrogens is 248 g/mol. The second kappa shape index (κ2) is 4.84. The van der Waals surface area contributed by atoms with Crippen LogP contribution in [0.2, 0.25) is 0 Å². The second-order valence-corrected chi connectivity index (χ2v) is 5.85. The molecule has 0 aromatic heterocycles. The summed E-state index contributed by atoms with van der Waals surface area (Å²) in [5.74, 6) is -2.54. The van der Waals surface area contributed by atoms with Gasteiger partial charge < -0.3 is 5.11 Å². The second-order valence-electron chi connectivity index (χ2n) is 5.85. The molecule has 1 saturated carbocycles. The van der Waals surface area contributed by atoms with E-state index >= 15 is 0 Å². The van der Waals surface area contributed by atoms with Crippen LogP contribution in [0.1, 0.15) is 18.4 Å². The summed E-state index contributed by atoms with van der Waals surface area (Å²) in [6.45, 7) is 1.40. The molecule has 2 aliphatic rings. The van der Waals surface area contributed by atoms with Gasteiger partial charge in [0.15, 0.2) is 0 Å². The van der Waals surface area contributed by atoms with Crippen LogP contribution in [-0.2, 0) is 6.54 Å². The topological polar surface area (TPSA) is 23.5 Å². The predicted octanol–water partition coefficient (Wildman–Crippen LogP) is 2.52. The molecule has 4 heteroatoms. The number of alkyl halides is 2. The number of rotatable bonds is 3. The molecule has 1 heterocycles. The fraction of sp³-hybridized carbons (Fsp3) is 0.600. The summed E-state index contributed by atoms with van der Waals surface area (Å²) >= 11 is 0. The van der Waals surface area contributed by atoms with Crippen LogP contribution in [0, 0.1) is 11.8 Å². The third-order valence-corrected chi connectivity index (χ3v) is 4.55. The predicted molar refractivity (Wildman–Crippen MR) is 68.9 cm³/mol. The van der Waals surface area contributed by atoms with E-state index in [1.807, 2.05) is 30.3 Å². The van der Waals surface area contributed by atoms with Gasteiger partial charge in [0.25, 0.3) is 0 Å². The van der Waals surface area contributed by atoms with Gasteiger partial charge >= 0.3 is 0 Å². The van der Waals surface area contributed by atoms with E-state index < -0.39 is 5.92 Å². The Morgan fingerprint density at radius 2 is 1.95 bits per heavy atom. The van der Waals surface area contributed by atoms with E-state index in [0.29, 0.717) is 6.54 Å². The Morgan fingerprint density at radius 3 is 2.63 bits per heavy atom. The molecule has 19 heavy (non-hydrogen) atoms. The molecule has 0 amide bonds. The molecule has 1 aliphatic heterocycles. The maximum Gasteiger partial charge on any atom is 0.248 e. The first-order valence-electron chi connectivity index (χ1n) is 6.86. The van der Waals surface area contributed by atoms with Crippen molar-refractivity contribution in [2.24, 2.45) is 11.8 Å². The monoisotopic (exact) mass is 267 g/mol. The van der Waals surface area contributed by atoms with Crippen LogP contribution in [0.3, 0.4) is 0 Å². The van der Waals surface area contributed by atoms with Crippen LogP contribution in [-0.4, -0.2) is 35.1 Å². The number of hydrogen-bond donors (Lipinski definition) is 1. The summed E-state index contributed by atoms with van der Waals surface area (Å²) in [5.41, 5.74) is 1.17. The van der Waals surface area contributed by atoms with Crippen molar-refractivity contribution < 1.29 is 13.9 Å². The molecule has 3 atom stereocenters. The standard InChI is InChI=1S/C15H19F2NO/c16-15(17)6-12-9-18(14(10-19)13(12)7-15)8-11-4-2-1-3-5-11/h1-5,12-14,19H,6-10H2/t12?,13-,14?/m0/s1. The lowest BCUT2D eigenvalue weighted by molar-refractivity contribution is -0.00999. The lowest BCUT2D eigenvalue weighted by Gasteiger charge is -2.27. The van der Waals surface area contributed by atoms with Crippen molar-refractivity contribution in [1.82, 2.24) is 4.90 Å². The number of aliphatic hydroxyl groups is 1.